The normalized spacial score (nSPS) is 14.5. The fourth-order valence-corrected chi connectivity index (χ4v) is 3.20. The molecule has 1 N–H and O–H groups in total. The molecule has 0 saturated carbocycles. The first kappa shape index (κ1) is 17.4. The van der Waals surface area contributed by atoms with E-state index in [1.807, 2.05) is 26.0 Å². The lowest BCUT2D eigenvalue weighted by molar-refractivity contribution is 0.397. The van der Waals surface area contributed by atoms with E-state index in [9.17, 15) is 4.79 Å². The highest BCUT2D eigenvalue weighted by Gasteiger charge is 2.17. The van der Waals surface area contributed by atoms with Crippen LogP contribution in [0.5, 0.6) is 0 Å². The Hall–Kier alpha value is -3.00. The molecule has 1 aliphatic heterocycles. The summed E-state index contributed by atoms with van der Waals surface area (Å²) >= 11 is 0. The predicted molar refractivity (Wildman–Crippen MR) is 102 cm³/mol. The van der Waals surface area contributed by atoms with Crippen LogP contribution in [-0.4, -0.2) is 46.1 Å². The molecule has 140 valence electrons. The molecular weight excluding hydrogens is 344 g/mol. The highest BCUT2D eigenvalue weighted by atomic mass is 16.5. The van der Waals surface area contributed by atoms with E-state index < -0.39 is 0 Å². The third kappa shape index (κ3) is 3.61. The van der Waals surface area contributed by atoms with E-state index in [2.05, 4.69) is 25.5 Å². The van der Waals surface area contributed by atoms with Gasteiger partial charge in [-0.2, -0.15) is 5.10 Å². The van der Waals surface area contributed by atoms with Crippen LogP contribution in [0.2, 0.25) is 0 Å². The second kappa shape index (κ2) is 7.32. The van der Waals surface area contributed by atoms with Crippen molar-refractivity contribution >= 4 is 5.69 Å². The van der Waals surface area contributed by atoms with Crippen molar-refractivity contribution in [2.24, 2.45) is 0 Å². The summed E-state index contributed by atoms with van der Waals surface area (Å²) in [6.07, 6.45) is 3.52. The van der Waals surface area contributed by atoms with Gasteiger partial charge >= 0.3 is 0 Å². The van der Waals surface area contributed by atoms with Gasteiger partial charge in [-0.1, -0.05) is 5.16 Å². The minimum Gasteiger partial charge on any atom is -0.368 e. The lowest BCUT2D eigenvalue weighted by Gasteiger charge is -2.28. The molecule has 0 aromatic carbocycles. The van der Waals surface area contributed by atoms with Crippen molar-refractivity contribution in [1.82, 2.24) is 25.2 Å². The molecule has 0 aliphatic carbocycles. The lowest BCUT2D eigenvalue weighted by Crippen LogP contribution is -2.44. The fraction of sp³-hybridized carbons (Fsp3) is 0.368. The van der Waals surface area contributed by atoms with Crippen molar-refractivity contribution in [3.63, 3.8) is 0 Å². The first-order valence-corrected chi connectivity index (χ1v) is 9.03. The average Bonchev–Trinajstić information content (AvgIpc) is 3.05. The number of nitrogens with zero attached hydrogens (tertiary/aromatic N) is 5. The Bertz CT molecular complexity index is 986. The van der Waals surface area contributed by atoms with Gasteiger partial charge in [-0.15, -0.1) is 0 Å². The first-order chi connectivity index (χ1) is 13.1. The summed E-state index contributed by atoms with van der Waals surface area (Å²) in [5.74, 6) is 0.672. The van der Waals surface area contributed by atoms with Crippen molar-refractivity contribution in [3.8, 4) is 11.3 Å². The van der Waals surface area contributed by atoms with Crippen molar-refractivity contribution in [3.05, 3.63) is 58.0 Å². The first-order valence-electron chi connectivity index (χ1n) is 9.03. The zero-order valence-electron chi connectivity index (χ0n) is 15.5. The Morgan fingerprint density at radius 3 is 2.70 bits per heavy atom. The molecule has 1 aliphatic rings. The lowest BCUT2D eigenvalue weighted by atomic mass is 10.1. The Kier molecular flexibility index (Phi) is 4.72. The highest BCUT2D eigenvalue weighted by Crippen LogP contribution is 2.25. The molecule has 0 radical (unpaired) electrons. The summed E-state index contributed by atoms with van der Waals surface area (Å²) in [6, 6.07) is 5.52. The largest absolute Gasteiger partial charge is 0.368 e. The zero-order chi connectivity index (χ0) is 18.8. The van der Waals surface area contributed by atoms with Crippen LogP contribution in [0.3, 0.4) is 0 Å². The van der Waals surface area contributed by atoms with E-state index in [1.165, 1.54) is 4.68 Å². The number of aromatic nitrogens is 4. The van der Waals surface area contributed by atoms with Gasteiger partial charge in [-0.25, -0.2) is 4.68 Å². The van der Waals surface area contributed by atoms with E-state index >= 15 is 0 Å². The maximum Gasteiger partial charge on any atom is 0.269 e. The molecule has 3 aromatic rings. The third-order valence-electron chi connectivity index (χ3n) is 4.81. The van der Waals surface area contributed by atoms with Crippen molar-refractivity contribution in [2.75, 3.05) is 31.1 Å². The molecule has 4 rings (SSSR count). The molecule has 8 heteroatoms. The number of aryl methyl sites for hydroxylation is 2. The third-order valence-corrected chi connectivity index (χ3v) is 4.81. The van der Waals surface area contributed by atoms with Crippen molar-refractivity contribution < 1.29 is 4.52 Å². The average molecular weight is 366 g/mol. The van der Waals surface area contributed by atoms with Gasteiger partial charge < -0.3 is 14.7 Å². The zero-order valence-corrected chi connectivity index (χ0v) is 15.5. The van der Waals surface area contributed by atoms with Crippen LogP contribution in [0.1, 0.15) is 17.0 Å². The molecule has 3 aromatic heterocycles. The van der Waals surface area contributed by atoms with Gasteiger partial charge in [-0.3, -0.25) is 9.78 Å². The van der Waals surface area contributed by atoms with Gasteiger partial charge in [0.15, 0.2) is 0 Å². The van der Waals surface area contributed by atoms with E-state index in [4.69, 9.17) is 4.52 Å². The van der Waals surface area contributed by atoms with Crippen LogP contribution in [0.25, 0.3) is 11.3 Å². The number of anilines is 1. The number of hydrogen-bond acceptors (Lipinski definition) is 7. The molecule has 0 unspecified atom stereocenters. The smallest absolute Gasteiger partial charge is 0.269 e. The van der Waals surface area contributed by atoms with Crippen LogP contribution in [0, 0.1) is 13.8 Å². The molecule has 0 amide bonds. The topological polar surface area (TPSA) is 89.1 Å². The van der Waals surface area contributed by atoms with Gasteiger partial charge in [0.2, 0.25) is 0 Å². The quantitative estimate of drug-likeness (QED) is 0.746. The van der Waals surface area contributed by atoms with Crippen molar-refractivity contribution in [2.45, 2.75) is 20.4 Å². The molecule has 1 fully saturated rings. The van der Waals surface area contributed by atoms with E-state index in [1.54, 1.807) is 18.5 Å². The Morgan fingerprint density at radius 2 is 2.00 bits per heavy atom. The number of pyridine rings is 1. The summed E-state index contributed by atoms with van der Waals surface area (Å²) in [5, 5.41) is 11.8. The molecule has 0 atom stereocenters. The van der Waals surface area contributed by atoms with Gasteiger partial charge in [0, 0.05) is 55.3 Å². The summed E-state index contributed by atoms with van der Waals surface area (Å²) in [4.78, 5) is 19.1. The Morgan fingerprint density at radius 1 is 1.19 bits per heavy atom. The molecule has 4 heterocycles. The summed E-state index contributed by atoms with van der Waals surface area (Å²) < 4.78 is 6.82. The summed E-state index contributed by atoms with van der Waals surface area (Å²) in [5.41, 5.74) is 4.05. The Balaban J connectivity index is 1.62. The maximum absolute atomic E-state index is 12.6. The number of piperazine rings is 1. The second-order valence-corrected chi connectivity index (χ2v) is 6.70. The van der Waals surface area contributed by atoms with E-state index in [0.29, 0.717) is 18.0 Å². The number of hydrogen-bond donors (Lipinski definition) is 1. The SMILES string of the molecule is Cc1ccc(-c2noc(C)c2Cn2ncc(N3CCNCC3)cc2=O)cn1. The number of nitrogens with one attached hydrogen (secondary N) is 1. The monoisotopic (exact) mass is 366 g/mol. The van der Waals surface area contributed by atoms with Crippen LogP contribution < -0.4 is 15.8 Å². The highest BCUT2D eigenvalue weighted by molar-refractivity contribution is 5.62. The summed E-state index contributed by atoms with van der Waals surface area (Å²) in [6.45, 7) is 7.66. The van der Waals surface area contributed by atoms with E-state index in [-0.39, 0.29) is 5.56 Å². The van der Waals surface area contributed by atoms with Crippen LogP contribution in [0.15, 0.2) is 39.9 Å². The minimum absolute atomic E-state index is 0.139. The number of rotatable bonds is 4. The molecule has 0 bridgehead atoms. The minimum atomic E-state index is -0.139. The molecule has 27 heavy (non-hydrogen) atoms. The maximum atomic E-state index is 12.6. The Labute approximate surface area is 156 Å². The second-order valence-electron chi connectivity index (χ2n) is 6.70. The van der Waals surface area contributed by atoms with Crippen LogP contribution >= 0.6 is 0 Å². The van der Waals surface area contributed by atoms with Gasteiger partial charge in [-0.05, 0) is 26.0 Å². The molecular formula is C19H22N6O2. The molecule has 1 saturated heterocycles. The fourth-order valence-electron chi connectivity index (χ4n) is 3.20. The standard InChI is InChI=1S/C19H22N6O2/c1-13-3-4-15(10-21-13)19-17(14(2)27-23-19)12-25-18(26)9-16(11-22-25)24-7-5-20-6-8-24/h3-4,9-11,20H,5-8,12H2,1-2H3. The predicted octanol–water partition coefficient (Wildman–Crippen LogP) is 1.37. The van der Waals surface area contributed by atoms with Crippen LogP contribution in [-0.2, 0) is 6.54 Å². The van der Waals surface area contributed by atoms with Gasteiger partial charge in [0.25, 0.3) is 5.56 Å². The summed E-state index contributed by atoms with van der Waals surface area (Å²) in [7, 11) is 0. The van der Waals surface area contributed by atoms with Crippen LogP contribution in [0.4, 0.5) is 5.69 Å². The van der Waals surface area contributed by atoms with Gasteiger partial charge in [0.05, 0.1) is 18.4 Å². The van der Waals surface area contributed by atoms with Gasteiger partial charge in [0.1, 0.15) is 11.5 Å². The van der Waals surface area contributed by atoms with E-state index in [0.717, 1.165) is 48.7 Å². The molecule has 0 spiro atoms. The molecule has 8 nitrogen and oxygen atoms in total. The van der Waals surface area contributed by atoms with Crippen molar-refractivity contribution in [1.29, 1.82) is 0 Å².